The smallest absolute Gasteiger partial charge is 0.475 e. The molecule has 7 nitrogen and oxygen atoms in total. The van der Waals surface area contributed by atoms with Gasteiger partial charge in [-0.25, -0.2) is 14.2 Å². The Bertz CT molecular complexity index is 1800. The molecule has 0 spiro atoms. The molecule has 0 aliphatic heterocycles. The van der Waals surface area contributed by atoms with E-state index in [4.69, 9.17) is 26.2 Å². The summed E-state index contributed by atoms with van der Waals surface area (Å²) in [5.41, 5.74) is 3.63. The zero-order chi connectivity index (χ0) is 30.8. The number of hydrogen-bond donors (Lipinski definition) is 1. The van der Waals surface area contributed by atoms with Gasteiger partial charge >= 0.3 is 12.1 Å². The molecule has 0 aliphatic rings. The van der Waals surface area contributed by atoms with E-state index >= 15 is 0 Å². The lowest BCUT2D eigenvalue weighted by Crippen LogP contribution is -2.33. The largest absolute Gasteiger partial charge is 0.490 e. The highest BCUT2D eigenvalue weighted by molar-refractivity contribution is 6.30. The Morgan fingerprint density at radius 3 is 2.07 bits per heavy atom. The summed E-state index contributed by atoms with van der Waals surface area (Å²) in [5.74, 6) is -3.09. The second-order valence-corrected chi connectivity index (χ2v) is 9.72. The van der Waals surface area contributed by atoms with Crippen molar-refractivity contribution in [2.24, 2.45) is 14.1 Å². The van der Waals surface area contributed by atoms with Crippen LogP contribution in [0.4, 0.5) is 17.6 Å². The van der Waals surface area contributed by atoms with Crippen molar-refractivity contribution in [3.05, 3.63) is 123 Å². The fourth-order valence-electron chi connectivity index (χ4n) is 4.73. The van der Waals surface area contributed by atoms with Gasteiger partial charge in [0.25, 0.3) is 5.56 Å². The number of carboxylic acid groups (broad SMARTS) is 1. The number of halogens is 5. The van der Waals surface area contributed by atoms with Crippen LogP contribution >= 0.6 is 11.6 Å². The van der Waals surface area contributed by atoms with Crippen LogP contribution in [0.15, 0.2) is 90.1 Å². The summed E-state index contributed by atoms with van der Waals surface area (Å²) in [4.78, 5) is 26.0. The molecule has 0 amide bonds. The molecule has 2 aromatic heterocycles. The minimum atomic E-state index is -5.08. The number of hydrogen-bond acceptors (Lipinski definition) is 4. The normalized spacial score (nSPS) is 12.9. The highest BCUT2D eigenvalue weighted by Crippen LogP contribution is 2.42. The first-order valence-corrected chi connectivity index (χ1v) is 12.7. The number of carboxylic acids is 1. The number of rotatable bonds is 5. The van der Waals surface area contributed by atoms with E-state index in [9.17, 15) is 22.4 Å². The topological polar surface area (TPSA) is 86.4 Å². The van der Waals surface area contributed by atoms with Crippen LogP contribution in [0, 0.1) is 5.82 Å². The molecule has 0 aliphatic carbocycles. The van der Waals surface area contributed by atoms with Crippen LogP contribution in [-0.2, 0) is 29.2 Å². The summed E-state index contributed by atoms with van der Waals surface area (Å²) < 4.78 is 55.2. The van der Waals surface area contributed by atoms with Crippen molar-refractivity contribution < 1.29 is 32.2 Å². The third-order valence-electron chi connectivity index (χ3n) is 6.79. The summed E-state index contributed by atoms with van der Waals surface area (Å²) >= 11 is 6.20. The molecule has 3 aromatic carbocycles. The second-order valence-electron chi connectivity index (χ2n) is 9.28. The Labute approximate surface area is 242 Å². The zero-order valence-corrected chi connectivity index (χ0v) is 23.2. The standard InChI is InChI=1S/C28H23ClFN3O2.C2HF3O2/c1-32-17-31-16-26(32)28(35-3,19-6-9-21(29)10-7-19)20-8-13-25-24(14-20)23(15-27(34)33(25)2)18-4-11-22(30)12-5-18;3-2(4,5)1(6)7/h4-17H,1-3H3;(H,6,7). The monoisotopic (exact) mass is 601 g/mol. The molecule has 12 heteroatoms. The van der Waals surface area contributed by atoms with Crippen LogP contribution in [0.5, 0.6) is 0 Å². The number of nitrogens with zero attached hydrogens (tertiary/aromatic N) is 3. The van der Waals surface area contributed by atoms with E-state index in [0.717, 1.165) is 38.9 Å². The molecule has 2 heterocycles. The molecule has 1 unspecified atom stereocenters. The lowest BCUT2D eigenvalue weighted by molar-refractivity contribution is -0.192. The quantitative estimate of drug-likeness (QED) is 0.239. The molecule has 218 valence electrons. The van der Waals surface area contributed by atoms with E-state index < -0.39 is 17.7 Å². The highest BCUT2D eigenvalue weighted by Gasteiger charge is 2.40. The first kappa shape index (κ1) is 30.5. The molecule has 0 saturated carbocycles. The van der Waals surface area contributed by atoms with Gasteiger partial charge in [0.05, 0.1) is 23.7 Å². The number of carbonyl (C=O) groups is 1. The molecule has 5 aromatic rings. The molecule has 5 rings (SSSR count). The predicted octanol–water partition coefficient (Wildman–Crippen LogP) is 6.30. The van der Waals surface area contributed by atoms with Gasteiger partial charge in [-0.15, -0.1) is 0 Å². The van der Waals surface area contributed by atoms with E-state index in [1.165, 1.54) is 12.1 Å². The molecular formula is C30H24ClF4N3O4. The van der Waals surface area contributed by atoms with Crippen LogP contribution in [0.1, 0.15) is 16.8 Å². The molecule has 0 fully saturated rings. The van der Waals surface area contributed by atoms with E-state index in [0.29, 0.717) is 5.02 Å². The number of fused-ring (bicyclic) bond motifs is 1. The maximum atomic E-state index is 13.6. The minimum absolute atomic E-state index is 0.146. The summed E-state index contributed by atoms with van der Waals surface area (Å²) in [6, 6.07) is 21.2. The zero-order valence-electron chi connectivity index (χ0n) is 22.5. The van der Waals surface area contributed by atoms with Gasteiger partial charge in [-0.1, -0.05) is 41.9 Å². The van der Waals surface area contributed by atoms with Gasteiger partial charge in [0.1, 0.15) is 5.82 Å². The maximum Gasteiger partial charge on any atom is 0.490 e. The average molecular weight is 602 g/mol. The van der Waals surface area contributed by atoms with Gasteiger partial charge in [0, 0.05) is 37.7 Å². The fraction of sp³-hybridized carbons (Fsp3) is 0.167. The summed E-state index contributed by atoms with van der Waals surface area (Å²) in [6.45, 7) is 0. The summed E-state index contributed by atoms with van der Waals surface area (Å²) in [5, 5.41) is 8.59. The number of aryl methyl sites for hydroxylation is 2. The Balaban J connectivity index is 0.000000517. The lowest BCUT2D eigenvalue weighted by Gasteiger charge is -2.34. The Morgan fingerprint density at radius 2 is 1.55 bits per heavy atom. The Morgan fingerprint density at radius 1 is 0.952 bits per heavy atom. The molecule has 1 N–H and O–H groups in total. The van der Waals surface area contributed by atoms with Crippen molar-refractivity contribution in [1.29, 1.82) is 0 Å². The molecule has 0 saturated heterocycles. The van der Waals surface area contributed by atoms with E-state index in [-0.39, 0.29) is 11.4 Å². The number of methoxy groups -OCH3 is 1. The number of ether oxygens (including phenoxy) is 1. The SMILES string of the molecule is COC(c1ccc(Cl)cc1)(c1ccc2c(c1)c(-c1ccc(F)cc1)cc(=O)n2C)c1cncn1C.O=C(O)C(F)(F)F. The van der Waals surface area contributed by atoms with Gasteiger partial charge in [-0.2, -0.15) is 13.2 Å². The molecule has 0 radical (unpaired) electrons. The van der Waals surface area contributed by atoms with Gasteiger partial charge in [0.15, 0.2) is 5.60 Å². The molecule has 1 atom stereocenters. The van der Waals surface area contributed by atoms with Crippen LogP contribution in [0.2, 0.25) is 5.02 Å². The van der Waals surface area contributed by atoms with E-state index in [1.54, 1.807) is 49.4 Å². The van der Waals surface area contributed by atoms with E-state index in [2.05, 4.69) is 4.98 Å². The van der Waals surface area contributed by atoms with Gasteiger partial charge in [-0.3, -0.25) is 4.79 Å². The number of alkyl halides is 3. The first-order chi connectivity index (χ1) is 19.8. The fourth-order valence-corrected chi connectivity index (χ4v) is 4.86. The molecule has 0 bridgehead atoms. The number of benzene rings is 3. The lowest BCUT2D eigenvalue weighted by atomic mass is 9.82. The van der Waals surface area contributed by atoms with Gasteiger partial charge < -0.3 is 19.0 Å². The van der Waals surface area contributed by atoms with Crippen molar-refractivity contribution in [2.45, 2.75) is 11.8 Å². The first-order valence-electron chi connectivity index (χ1n) is 12.3. The Kier molecular flexibility index (Phi) is 8.55. The number of imidazole rings is 1. The third kappa shape index (κ3) is 5.79. The van der Waals surface area contributed by atoms with E-state index in [1.807, 2.05) is 54.1 Å². The summed E-state index contributed by atoms with van der Waals surface area (Å²) in [6.07, 6.45) is -1.57. The average Bonchev–Trinajstić information content (AvgIpc) is 3.38. The van der Waals surface area contributed by atoms with Crippen molar-refractivity contribution >= 4 is 28.5 Å². The van der Waals surface area contributed by atoms with Crippen molar-refractivity contribution in [2.75, 3.05) is 7.11 Å². The second kappa shape index (κ2) is 11.8. The predicted molar refractivity (Wildman–Crippen MR) is 150 cm³/mol. The van der Waals surface area contributed by atoms with Crippen molar-refractivity contribution in [1.82, 2.24) is 14.1 Å². The van der Waals surface area contributed by atoms with Crippen LogP contribution in [0.25, 0.3) is 22.0 Å². The maximum absolute atomic E-state index is 13.6. The van der Waals surface area contributed by atoms with Crippen molar-refractivity contribution in [3.8, 4) is 11.1 Å². The molecular weight excluding hydrogens is 578 g/mol. The Hall–Kier alpha value is -4.48. The highest BCUT2D eigenvalue weighted by atomic mass is 35.5. The van der Waals surface area contributed by atoms with Gasteiger partial charge in [-0.05, 0) is 58.7 Å². The number of pyridine rings is 1. The van der Waals surface area contributed by atoms with Crippen LogP contribution in [-0.4, -0.2) is 38.5 Å². The van der Waals surface area contributed by atoms with Crippen LogP contribution < -0.4 is 5.56 Å². The summed E-state index contributed by atoms with van der Waals surface area (Å²) in [7, 11) is 5.32. The van der Waals surface area contributed by atoms with Gasteiger partial charge in [0.2, 0.25) is 0 Å². The van der Waals surface area contributed by atoms with Crippen molar-refractivity contribution in [3.63, 3.8) is 0 Å². The third-order valence-corrected chi connectivity index (χ3v) is 7.04. The van der Waals surface area contributed by atoms with Crippen LogP contribution in [0.3, 0.4) is 0 Å². The molecule has 42 heavy (non-hydrogen) atoms. The number of aromatic nitrogens is 3. The number of aliphatic carboxylic acids is 1. The minimum Gasteiger partial charge on any atom is -0.475 e.